The zero-order valence-electron chi connectivity index (χ0n) is 15.2. The van der Waals surface area contributed by atoms with Crippen LogP contribution in [0.15, 0.2) is 48.5 Å². The molecule has 3 heteroatoms. The van der Waals surface area contributed by atoms with Gasteiger partial charge in [-0.3, -0.25) is 9.69 Å². The summed E-state index contributed by atoms with van der Waals surface area (Å²) >= 11 is 0. The normalized spacial score (nSPS) is 32.3. The Hall–Kier alpha value is -2.13. The number of benzene rings is 2. The second kappa shape index (κ2) is 5.68. The number of hydrogen-bond donors (Lipinski definition) is 1. The fourth-order valence-electron chi connectivity index (χ4n) is 5.78. The molecule has 3 nitrogen and oxygen atoms in total. The second-order valence-electron chi connectivity index (χ2n) is 8.26. The molecule has 2 aromatic carbocycles. The standard InChI is InChI=1S/C23H25NO2/c1-2-15-7-9-16(10-8-15)20-18-6-4-3-5-17(18)13-23(22(25)26)14-24-12-11-19(24)21(20)23/h3-10,19-21H,2,11-14H2,1H3,(H,25,26). The maximum Gasteiger partial charge on any atom is 0.311 e. The average Bonchev–Trinajstić information content (AvgIpc) is 2.87. The number of fused-ring (bicyclic) bond motifs is 4. The summed E-state index contributed by atoms with van der Waals surface area (Å²) in [5, 5.41) is 10.3. The molecular formula is C23H25NO2. The summed E-state index contributed by atoms with van der Waals surface area (Å²) in [4.78, 5) is 15.0. The van der Waals surface area contributed by atoms with E-state index in [9.17, 15) is 9.90 Å². The Bertz CT molecular complexity index is 859. The molecule has 1 N–H and O–H groups in total. The third-order valence-electron chi connectivity index (χ3n) is 7.15. The van der Waals surface area contributed by atoms with E-state index in [4.69, 9.17) is 0 Å². The maximum atomic E-state index is 12.5. The first-order valence-electron chi connectivity index (χ1n) is 9.78. The van der Waals surface area contributed by atoms with Crippen LogP contribution in [0.3, 0.4) is 0 Å². The first kappa shape index (κ1) is 16.1. The van der Waals surface area contributed by atoms with Crippen LogP contribution in [-0.2, 0) is 17.6 Å². The summed E-state index contributed by atoms with van der Waals surface area (Å²) in [5.74, 6) is -0.269. The Balaban J connectivity index is 1.70. The van der Waals surface area contributed by atoms with Gasteiger partial charge in [0.05, 0.1) is 5.41 Å². The van der Waals surface area contributed by atoms with Gasteiger partial charge in [0.1, 0.15) is 0 Å². The average molecular weight is 347 g/mol. The van der Waals surface area contributed by atoms with Crippen molar-refractivity contribution in [2.75, 3.05) is 13.1 Å². The highest BCUT2D eigenvalue weighted by molar-refractivity contribution is 5.78. The molecule has 0 aromatic heterocycles. The van der Waals surface area contributed by atoms with Crippen LogP contribution < -0.4 is 0 Å². The molecule has 0 radical (unpaired) electrons. The van der Waals surface area contributed by atoms with E-state index in [-0.39, 0.29) is 11.8 Å². The van der Waals surface area contributed by atoms with Crippen LogP contribution in [-0.4, -0.2) is 35.1 Å². The van der Waals surface area contributed by atoms with Crippen molar-refractivity contribution in [2.24, 2.45) is 11.3 Å². The molecule has 0 bridgehead atoms. The monoisotopic (exact) mass is 347 g/mol. The van der Waals surface area contributed by atoms with Crippen molar-refractivity contribution in [2.45, 2.75) is 38.1 Å². The number of nitrogens with zero attached hydrogens (tertiary/aromatic N) is 1. The molecule has 134 valence electrons. The van der Waals surface area contributed by atoms with E-state index in [2.05, 4.69) is 60.4 Å². The Morgan fingerprint density at radius 1 is 1.19 bits per heavy atom. The Labute approximate surface area is 154 Å². The van der Waals surface area contributed by atoms with Gasteiger partial charge in [0.2, 0.25) is 0 Å². The number of carbonyl (C=O) groups is 1. The number of rotatable bonds is 3. The lowest BCUT2D eigenvalue weighted by atomic mass is 9.57. The molecule has 1 aliphatic carbocycles. The van der Waals surface area contributed by atoms with Crippen molar-refractivity contribution in [3.63, 3.8) is 0 Å². The van der Waals surface area contributed by atoms with Gasteiger partial charge in [-0.2, -0.15) is 0 Å². The van der Waals surface area contributed by atoms with Gasteiger partial charge < -0.3 is 5.11 Å². The molecular weight excluding hydrogens is 322 g/mol. The van der Waals surface area contributed by atoms with E-state index in [1.54, 1.807) is 0 Å². The first-order valence-corrected chi connectivity index (χ1v) is 9.78. The Kier molecular flexibility index (Phi) is 3.51. The van der Waals surface area contributed by atoms with E-state index in [0.717, 1.165) is 19.4 Å². The van der Waals surface area contributed by atoms with Gasteiger partial charge in [0, 0.05) is 24.4 Å². The van der Waals surface area contributed by atoms with Crippen LogP contribution in [0.2, 0.25) is 0 Å². The number of aryl methyl sites for hydroxylation is 1. The quantitative estimate of drug-likeness (QED) is 0.920. The van der Waals surface area contributed by atoms with Crippen molar-refractivity contribution >= 4 is 5.97 Å². The van der Waals surface area contributed by atoms with E-state index in [0.29, 0.717) is 19.0 Å². The lowest BCUT2D eigenvalue weighted by molar-refractivity contribution is -0.151. The second-order valence-corrected chi connectivity index (χ2v) is 8.26. The van der Waals surface area contributed by atoms with E-state index < -0.39 is 11.4 Å². The molecule has 2 aromatic rings. The lowest BCUT2D eigenvalue weighted by Gasteiger charge is -2.45. The maximum absolute atomic E-state index is 12.5. The molecule has 4 unspecified atom stereocenters. The summed E-state index contributed by atoms with van der Waals surface area (Å²) in [6.07, 6.45) is 2.82. The number of carboxylic acid groups (broad SMARTS) is 1. The van der Waals surface area contributed by atoms with Crippen LogP contribution in [0.5, 0.6) is 0 Å². The Morgan fingerprint density at radius 3 is 2.62 bits per heavy atom. The largest absolute Gasteiger partial charge is 0.481 e. The fourth-order valence-corrected chi connectivity index (χ4v) is 5.78. The molecule has 5 rings (SSSR count). The zero-order chi connectivity index (χ0) is 17.9. The van der Waals surface area contributed by atoms with E-state index in [1.807, 2.05) is 0 Å². The first-order chi connectivity index (χ1) is 12.6. The topological polar surface area (TPSA) is 40.5 Å². The molecule has 26 heavy (non-hydrogen) atoms. The third kappa shape index (κ3) is 2.07. The van der Waals surface area contributed by atoms with Gasteiger partial charge in [-0.25, -0.2) is 0 Å². The number of carboxylic acids is 1. The minimum absolute atomic E-state index is 0.163. The van der Waals surface area contributed by atoms with Gasteiger partial charge in [0.15, 0.2) is 0 Å². The minimum atomic E-state index is -0.649. The summed E-state index contributed by atoms with van der Waals surface area (Å²) in [5.41, 5.74) is 4.52. The summed E-state index contributed by atoms with van der Waals surface area (Å²) < 4.78 is 0. The van der Waals surface area contributed by atoms with Gasteiger partial charge in [-0.05, 0) is 48.1 Å². The zero-order valence-corrected chi connectivity index (χ0v) is 15.2. The van der Waals surface area contributed by atoms with Gasteiger partial charge in [0.25, 0.3) is 0 Å². The van der Waals surface area contributed by atoms with Crippen molar-refractivity contribution < 1.29 is 9.90 Å². The molecule has 4 atom stereocenters. The smallest absolute Gasteiger partial charge is 0.311 e. The van der Waals surface area contributed by atoms with Gasteiger partial charge in [-0.1, -0.05) is 55.5 Å². The molecule has 0 saturated carbocycles. The van der Waals surface area contributed by atoms with Crippen molar-refractivity contribution in [3.8, 4) is 0 Å². The minimum Gasteiger partial charge on any atom is -0.481 e. The fraction of sp³-hybridized carbons (Fsp3) is 0.435. The number of hydrogen-bond acceptors (Lipinski definition) is 2. The van der Waals surface area contributed by atoms with Crippen molar-refractivity contribution in [1.82, 2.24) is 4.90 Å². The van der Waals surface area contributed by atoms with Crippen molar-refractivity contribution in [3.05, 3.63) is 70.8 Å². The predicted octanol–water partition coefficient (Wildman–Crippen LogP) is 3.71. The van der Waals surface area contributed by atoms with Crippen LogP contribution >= 0.6 is 0 Å². The molecule has 3 aliphatic rings. The van der Waals surface area contributed by atoms with Crippen molar-refractivity contribution in [1.29, 1.82) is 0 Å². The number of aliphatic carboxylic acids is 1. The highest BCUT2D eigenvalue weighted by Gasteiger charge is 2.64. The van der Waals surface area contributed by atoms with Crippen LogP contribution in [0.1, 0.15) is 41.5 Å². The van der Waals surface area contributed by atoms with Crippen LogP contribution in [0.4, 0.5) is 0 Å². The highest BCUT2D eigenvalue weighted by atomic mass is 16.4. The summed E-state index contributed by atoms with van der Waals surface area (Å²) in [7, 11) is 0. The lowest BCUT2D eigenvalue weighted by Crippen LogP contribution is -2.49. The molecule has 2 saturated heterocycles. The molecule has 2 fully saturated rings. The molecule has 0 spiro atoms. The Morgan fingerprint density at radius 2 is 1.96 bits per heavy atom. The van der Waals surface area contributed by atoms with Crippen LogP contribution in [0.25, 0.3) is 0 Å². The van der Waals surface area contributed by atoms with E-state index >= 15 is 0 Å². The van der Waals surface area contributed by atoms with Gasteiger partial charge >= 0.3 is 5.97 Å². The summed E-state index contributed by atoms with van der Waals surface area (Å²) in [6, 6.07) is 17.8. The summed E-state index contributed by atoms with van der Waals surface area (Å²) in [6.45, 7) is 3.92. The molecule has 2 aliphatic heterocycles. The van der Waals surface area contributed by atoms with Gasteiger partial charge in [-0.15, -0.1) is 0 Å². The molecule has 2 heterocycles. The van der Waals surface area contributed by atoms with Crippen LogP contribution in [0, 0.1) is 11.3 Å². The molecule has 0 amide bonds. The third-order valence-corrected chi connectivity index (χ3v) is 7.15. The van der Waals surface area contributed by atoms with E-state index in [1.165, 1.54) is 22.3 Å². The predicted molar refractivity (Wildman–Crippen MR) is 101 cm³/mol. The highest BCUT2D eigenvalue weighted by Crippen LogP contribution is 2.59. The SMILES string of the molecule is CCc1ccc(C2c3ccccc3CC3(C(=O)O)CN4CCC4C23)cc1.